The van der Waals surface area contributed by atoms with Crippen molar-refractivity contribution in [2.24, 2.45) is 0 Å². The Labute approximate surface area is 127 Å². The largest absolute Gasteiger partial charge is 0.395 e. The highest BCUT2D eigenvalue weighted by Crippen LogP contribution is 2.31. The van der Waals surface area contributed by atoms with Crippen LogP contribution in [0.4, 0.5) is 0 Å². The molecule has 0 spiro atoms. The van der Waals surface area contributed by atoms with Gasteiger partial charge in [-0.1, -0.05) is 30.5 Å². The third kappa shape index (κ3) is 3.30. The molecule has 1 aliphatic rings. The summed E-state index contributed by atoms with van der Waals surface area (Å²) >= 11 is 0. The number of aliphatic hydroxyl groups is 1. The van der Waals surface area contributed by atoms with Gasteiger partial charge in [0.1, 0.15) is 0 Å². The van der Waals surface area contributed by atoms with Crippen LogP contribution in [-0.2, 0) is 10.0 Å². The van der Waals surface area contributed by atoms with Crippen LogP contribution in [0.1, 0.15) is 42.4 Å². The summed E-state index contributed by atoms with van der Waals surface area (Å²) < 4.78 is 27.7. The minimum atomic E-state index is -3.55. The fourth-order valence-electron chi connectivity index (χ4n) is 3.48. The third-order valence-electron chi connectivity index (χ3n) is 4.22. The fourth-order valence-corrected chi connectivity index (χ4v) is 5.57. The van der Waals surface area contributed by atoms with Gasteiger partial charge in [0.2, 0.25) is 10.0 Å². The van der Waals surface area contributed by atoms with E-state index < -0.39 is 10.0 Å². The van der Waals surface area contributed by atoms with Crippen molar-refractivity contribution < 1.29 is 13.5 Å². The molecule has 0 bridgehead atoms. The number of aliphatic hydroxyl groups excluding tert-OH is 1. The molecule has 0 heterocycles. The number of rotatable bonds is 5. The molecule has 0 aromatic heterocycles. The van der Waals surface area contributed by atoms with Crippen molar-refractivity contribution in [3.05, 3.63) is 28.8 Å². The fraction of sp³-hybridized carbons (Fsp3) is 0.625. The van der Waals surface area contributed by atoms with Crippen LogP contribution in [0.25, 0.3) is 0 Å². The first-order valence-electron chi connectivity index (χ1n) is 7.58. The molecule has 5 heteroatoms. The summed E-state index contributed by atoms with van der Waals surface area (Å²) in [6, 6.07) is 3.85. The van der Waals surface area contributed by atoms with Crippen LogP contribution in [0.2, 0.25) is 0 Å². The summed E-state index contributed by atoms with van der Waals surface area (Å²) in [6.45, 7) is 5.70. The molecule has 1 aromatic rings. The zero-order valence-corrected chi connectivity index (χ0v) is 13.9. The van der Waals surface area contributed by atoms with Crippen molar-refractivity contribution in [1.82, 2.24) is 4.31 Å². The second-order valence-electron chi connectivity index (χ2n) is 6.01. The molecule has 1 fully saturated rings. The molecular formula is C16H25NO3S. The molecule has 0 aliphatic heterocycles. The lowest BCUT2D eigenvalue weighted by molar-refractivity contribution is 0.226. The van der Waals surface area contributed by atoms with Gasteiger partial charge < -0.3 is 5.11 Å². The van der Waals surface area contributed by atoms with E-state index in [1.807, 2.05) is 32.9 Å². The number of nitrogens with zero attached hydrogens (tertiary/aromatic N) is 1. The van der Waals surface area contributed by atoms with Crippen molar-refractivity contribution >= 4 is 10.0 Å². The number of benzene rings is 1. The van der Waals surface area contributed by atoms with Gasteiger partial charge in [-0.3, -0.25) is 0 Å². The van der Waals surface area contributed by atoms with Gasteiger partial charge >= 0.3 is 0 Å². The third-order valence-corrected chi connectivity index (χ3v) is 6.48. The van der Waals surface area contributed by atoms with E-state index in [0.717, 1.165) is 42.4 Å². The molecule has 0 radical (unpaired) electrons. The van der Waals surface area contributed by atoms with Crippen LogP contribution in [0.3, 0.4) is 0 Å². The van der Waals surface area contributed by atoms with Crippen molar-refractivity contribution in [2.45, 2.75) is 57.4 Å². The minimum absolute atomic E-state index is 0.0299. The second kappa shape index (κ2) is 6.46. The standard InChI is InChI=1S/C16H25NO3S/c1-12-10-13(2)16(14(3)11-12)21(19,20)17(8-9-18)15-6-4-5-7-15/h10-11,15,18H,4-9H2,1-3H3. The first-order chi connectivity index (χ1) is 9.87. The van der Waals surface area contributed by atoms with Crippen LogP contribution in [0, 0.1) is 20.8 Å². The summed E-state index contributed by atoms with van der Waals surface area (Å²) in [5.74, 6) is 0. The quantitative estimate of drug-likeness (QED) is 0.909. The number of hydrogen-bond acceptors (Lipinski definition) is 3. The lowest BCUT2D eigenvalue weighted by Crippen LogP contribution is -2.41. The smallest absolute Gasteiger partial charge is 0.243 e. The predicted octanol–water partition coefficient (Wildman–Crippen LogP) is 2.54. The number of hydrogen-bond donors (Lipinski definition) is 1. The Morgan fingerprint density at radius 3 is 2.14 bits per heavy atom. The monoisotopic (exact) mass is 311 g/mol. The van der Waals surface area contributed by atoms with Gasteiger partial charge in [0, 0.05) is 12.6 Å². The Morgan fingerprint density at radius 2 is 1.67 bits per heavy atom. The average Bonchev–Trinajstić information content (AvgIpc) is 2.87. The van der Waals surface area contributed by atoms with Crippen LogP contribution < -0.4 is 0 Å². The molecule has 0 atom stereocenters. The van der Waals surface area contributed by atoms with Crippen LogP contribution >= 0.6 is 0 Å². The highest BCUT2D eigenvalue weighted by atomic mass is 32.2. The maximum Gasteiger partial charge on any atom is 0.243 e. The average molecular weight is 311 g/mol. The van der Waals surface area contributed by atoms with Crippen molar-refractivity contribution in [1.29, 1.82) is 0 Å². The Balaban J connectivity index is 2.48. The van der Waals surface area contributed by atoms with Gasteiger partial charge in [-0.25, -0.2) is 8.42 Å². The molecular weight excluding hydrogens is 286 g/mol. The summed E-state index contributed by atoms with van der Waals surface area (Å²) in [5.41, 5.74) is 2.64. The molecule has 0 unspecified atom stereocenters. The van der Waals surface area contributed by atoms with E-state index in [2.05, 4.69) is 0 Å². The van der Waals surface area contributed by atoms with Gasteiger partial charge in [0.25, 0.3) is 0 Å². The second-order valence-corrected chi connectivity index (χ2v) is 7.83. The van der Waals surface area contributed by atoms with E-state index in [4.69, 9.17) is 0 Å². The Bertz CT molecular complexity index is 581. The van der Waals surface area contributed by atoms with E-state index in [1.165, 1.54) is 4.31 Å². The van der Waals surface area contributed by atoms with Crippen molar-refractivity contribution in [3.63, 3.8) is 0 Å². The van der Waals surface area contributed by atoms with Crippen LogP contribution in [0.5, 0.6) is 0 Å². The Morgan fingerprint density at radius 1 is 1.14 bits per heavy atom. The molecule has 21 heavy (non-hydrogen) atoms. The van der Waals surface area contributed by atoms with Gasteiger partial charge in [0.05, 0.1) is 11.5 Å². The van der Waals surface area contributed by atoms with Gasteiger partial charge in [-0.15, -0.1) is 0 Å². The number of aryl methyl sites for hydroxylation is 3. The highest BCUT2D eigenvalue weighted by molar-refractivity contribution is 7.89. The Hall–Kier alpha value is -0.910. The minimum Gasteiger partial charge on any atom is -0.395 e. The predicted molar refractivity (Wildman–Crippen MR) is 83.9 cm³/mol. The summed E-state index contributed by atoms with van der Waals surface area (Å²) in [6.07, 6.45) is 3.91. The highest BCUT2D eigenvalue weighted by Gasteiger charge is 2.34. The van der Waals surface area contributed by atoms with Crippen LogP contribution in [0.15, 0.2) is 17.0 Å². The van der Waals surface area contributed by atoms with Crippen LogP contribution in [-0.4, -0.2) is 37.0 Å². The maximum absolute atomic E-state index is 13.1. The van der Waals surface area contributed by atoms with Crippen molar-refractivity contribution in [2.75, 3.05) is 13.2 Å². The normalized spacial score (nSPS) is 16.8. The maximum atomic E-state index is 13.1. The molecule has 118 valence electrons. The van der Waals surface area contributed by atoms with Crippen molar-refractivity contribution in [3.8, 4) is 0 Å². The summed E-state index contributed by atoms with van der Waals surface area (Å²) in [5, 5.41) is 9.28. The van der Waals surface area contributed by atoms with E-state index in [9.17, 15) is 13.5 Å². The molecule has 1 aromatic carbocycles. The van der Waals surface area contributed by atoms with E-state index >= 15 is 0 Å². The van der Waals surface area contributed by atoms with E-state index in [0.29, 0.717) is 4.90 Å². The molecule has 0 saturated heterocycles. The molecule has 4 nitrogen and oxygen atoms in total. The topological polar surface area (TPSA) is 57.6 Å². The molecule has 0 amide bonds. The first kappa shape index (κ1) is 16.5. The molecule has 1 N–H and O–H groups in total. The molecule has 1 saturated carbocycles. The summed E-state index contributed by atoms with van der Waals surface area (Å²) in [7, 11) is -3.55. The lowest BCUT2D eigenvalue weighted by atomic mass is 10.1. The lowest BCUT2D eigenvalue weighted by Gasteiger charge is -2.29. The Kier molecular flexibility index (Phi) is 5.07. The molecule has 2 rings (SSSR count). The van der Waals surface area contributed by atoms with E-state index in [-0.39, 0.29) is 19.2 Å². The first-order valence-corrected chi connectivity index (χ1v) is 9.02. The van der Waals surface area contributed by atoms with E-state index in [1.54, 1.807) is 0 Å². The SMILES string of the molecule is Cc1cc(C)c(S(=O)(=O)N(CCO)C2CCCC2)c(C)c1. The van der Waals surface area contributed by atoms with Gasteiger partial charge in [-0.05, 0) is 44.7 Å². The van der Waals surface area contributed by atoms with Gasteiger partial charge in [-0.2, -0.15) is 4.31 Å². The molecule has 1 aliphatic carbocycles. The number of sulfonamides is 1. The zero-order chi connectivity index (χ0) is 15.6. The zero-order valence-electron chi connectivity index (χ0n) is 13.1. The van der Waals surface area contributed by atoms with Gasteiger partial charge in [0.15, 0.2) is 0 Å². The summed E-state index contributed by atoms with van der Waals surface area (Å²) in [4.78, 5) is 0.411.